The van der Waals surface area contributed by atoms with Crippen molar-refractivity contribution in [1.29, 1.82) is 0 Å². The van der Waals surface area contributed by atoms with Gasteiger partial charge in [0.05, 0.1) is 17.5 Å². The average molecular weight is 412 g/mol. The zero-order valence-corrected chi connectivity index (χ0v) is 17.6. The molecule has 1 aromatic heterocycles. The number of carbonyl (C=O) groups is 1. The molecular weight excluding hydrogens is 386 g/mol. The van der Waals surface area contributed by atoms with Crippen LogP contribution in [0.2, 0.25) is 0 Å². The maximum absolute atomic E-state index is 12.4. The summed E-state index contributed by atoms with van der Waals surface area (Å²) in [5.41, 5.74) is 3.09. The summed E-state index contributed by atoms with van der Waals surface area (Å²) in [6, 6.07) is 14.9. The van der Waals surface area contributed by atoms with Crippen molar-refractivity contribution in [2.45, 2.75) is 38.4 Å². The molecule has 1 heterocycles. The van der Waals surface area contributed by atoms with Crippen LogP contribution in [0.25, 0.3) is 5.69 Å². The summed E-state index contributed by atoms with van der Waals surface area (Å²) in [4.78, 5) is 12.4. The van der Waals surface area contributed by atoms with E-state index in [0.29, 0.717) is 16.8 Å². The van der Waals surface area contributed by atoms with Gasteiger partial charge in [0.1, 0.15) is 5.75 Å². The third-order valence-electron chi connectivity index (χ3n) is 4.37. The van der Waals surface area contributed by atoms with E-state index >= 15 is 0 Å². The molecule has 0 aliphatic rings. The molecule has 0 aliphatic heterocycles. The van der Waals surface area contributed by atoms with E-state index in [1.807, 2.05) is 6.92 Å². The lowest BCUT2D eigenvalue weighted by atomic mass is 10.00. The van der Waals surface area contributed by atoms with E-state index in [9.17, 15) is 9.90 Å². The molecule has 3 rings (SSSR count). The van der Waals surface area contributed by atoms with Crippen molar-refractivity contribution in [3.63, 3.8) is 0 Å². The van der Waals surface area contributed by atoms with Crippen LogP contribution >= 0.6 is 11.8 Å². The molecule has 0 unspecified atom stereocenters. The Kier molecular flexibility index (Phi) is 6.87. The van der Waals surface area contributed by atoms with Crippen LogP contribution in [-0.4, -0.2) is 37.0 Å². The summed E-state index contributed by atoms with van der Waals surface area (Å²) in [7, 11) is 0. The summed E-state index contributed by atoms with van der Waals surface area (Å²) in [6.45, 7) is 6.37. The third kappa shape index (κ3) is 5.80. The van der Waals surface area contributed by atoms with Crippen molar-refractivity contribution >= 4 is 17.7 Å². The molecule has 0 saturated heterocycles. The number of tetrazole rings is 1. The van der Waals surface area contributed by atoms with Crippen LogP contribution in [0.3, 0.4) is 0 Å². The van der Waals surface area contributed by atoms with E-state index in [4.69, 9.17) is 0 Å². The van der Waals surface area contributed by atoms with E-state index < -0.39 is 0 Å². The predicted octanol–water partition coefficient (Wildman–Crippen LogP) is 3.54. The molecular formula is C21H25N5O2S. The molecule has 152 valence electrons. The zero-order chi connectivity index (χ0) is 20.8. The molecule has 2 N–H and O–H groups in total. The van der Waals surface area contributed by atoms with Crippen molar-refractivity contribution in [2.24, 2.45) is 5.92 Å². The van der Waals surface area contributed by atoms with Crippen molar-refractivity contribution in [3.05, 3.63) is 59.7 Å². The minimum Gasteiger partial charge on any atom is -0.508 e. The Morgan fingerprint density at radius 1 is 1.10 bits per heavy atom. The number of aromatic hydroxyl groups is 1. The number of rotatable bonds is 8. The van der Waals surface area contributed by atoms with Crippen molar-refractivity contribution in [1.82, 2.24) is 25.5 Å². The Bertz CT molecular complexity index is 938. The standard InChI is InChI=1S/C21H25N5O2S/c1-14(2)12-16-4-6-17(7-5-16)15(3)22-20(28)13-29-21-23-24-25-26(21)18-8-10-19(27)11-9-18/h4-11,14-15,27H,12-13H2,1-3H3,(H,22,28)/t15-/m1/s1. The number of phenols is 1. The van der Waals surface area contributed by atoms with Gasteiger partial charge in [-0.05, 0) is 65.1 Å². The Balaban J connectivity index is 1.55. The lowest BCUT2D eigenvalue weighted by Gasteiger charge is -2.15. The number of nitrogens with one attached hydrogen (secondary N) is 1. The van der Waals surface area contributed by atoms with E-state index in [1.54, 1.807) is 24.3 Å². The van der Waals surface area contributed by atoms with Gasteiger partial charge in [-0.15, -0.1) is 5.10 Å². The van der Waals surface area contributed by atoms with Gasteiger partial charge in [-0.2, -0.15) is 4.68 Å². The fourth-order valence-electron chi connectivity index (χ4n) is 2.94. The van der Waals surface area contributed by atoms with Crippen LogP contribution in [0.1, 0.15) is 37.9 Å². The highest BCUT2D eigenvalue weighted by Crippen LogP contribution is 2.20. The number of aromatic nitrogens is 4. The third-order valence-corrected chi connectivity index (χ3v) is 5.29. The second-order valence-corrected chi connectivity index (χ2v) is 8.25. The summed E-state index contributed by atoms with van der Waals surface area (Å²) < 4.78 is 1.54. The number of benzene rings is 2. The van der Waals surface area contributed by atoms with Gasteiger partial charge in [-0.1, -0.05) is 49.9 Å². The Labute approximate surface area is 174 Å². The lowest BCUT2D eigenvalue weighted by molar-refractivity contribution is -0.119. The van der Waals surface area contributed by atoms with Gasteiger partial charge < -0.3 is 10.4 Å². The molecule has 0 aliphatic carbocycles. The normalized spacial score (nSPS) is 12.1. The topological polar surface area (TPSA) is 92.9 Å². The maximum Gasteiger partial charge on any atom is 0.230 e. The van der Waals surface area contributed by atoms with Crippen molar-refractivity contribution in [3.8, 4) is 11.4 Å². The van der Waals surface area contributed by atoms with Gasteiger partial charge in [0.25, 0.3) is 0 Å². The molecule has 1 atom stereocenters. The van der Waals surface area contributed by atoms with Crippen LogP contribution in [0, 0.1) is 5.92 Å². The van der Waals surface area contributed by atoms with Gasteiger partial charge in [0, 0.05) is 0 Å². The first-order valence-electron chi connectivity index (χ1n) is 9.51. The smallest absolute Gasteiger partial charge is 0.230 e. The summed E-state index contributed by atoms with van der Waals surface area (Å²) in [5.74, 6) is 0.901. The number of phenolic OH excluding ortho intramolecular Hbond substituents is 1. The highest BCUT2D eigenvalue weighted by Gasteiger charge is 2.14. The van der Waals surface area contributed by atoms with E-state index in [0.717, 1.165) is 12.0 Å². The number of amides is 1. The van der Waals surface area contributed by atoms with Crippen molar-refractivity contribution in [2.75, 3.05) is 5.75 Å². The summed E-state index contributed by atoms with van der Waals surface area (Å²) >= 11 is 1.26. The molecule has 0 radical (unpaired) electrons. The lowest BCUT2D eigenvalue weighted by Crippen LogP contribution is -2.28. The van der Waals surface area contributed by atoms with Gasteiger partial charge in [-0.3, -0.25) is 4.79 Å². The molecule has 29 heavy (non-hydrogen) atoms. The molecule has 2 aromatic carbocycles. The van der Waals surface area contributed by atoms with Crippen molar-refractivity contribution < 1.29 is 9.90 Å². The van der Waals surface area contributed by atoms with Crippen LogP contribution < -0.4 is 5.32 Å². The summed E-state index contributed by atoms with van der Waals surface area (Å²) in [6.07, 6.45) is 1.05. The fraction of sp³-hybridized carbons (Fsp3) is 0.333. The predicted molar refractivity (Wildman–Crippen MR) is 113 cm³/mol. The largest absolute Gasteiger partial charge is 0.508 e. The van der Waals surface area contributed by atoms with Gasteiger partial charge in [-0.25, -0.2) is 0 Å². The van der Waals surface area contributed by atoms with E-state index in [1.165, 1.54) is 22.0 Å². The number of carbonyl (C=O) groups excluding carboxylic acids is 1. The van der Waals surface area contributed by atoms with Crippen LogP contribution in [0.15, 0.2) is 53.7 Å². The number of nitrogens with zero attached hydrogens (tertiary/aromatic N) is 4. The highest BCUT2D eigenvalue weighted by atomic mass is 32.2. The maximum atomic E-state index is 12.4. The van der Waals surface area contributed by atoms with E-state index in [-0.39, 0.29) is 23.5 Å². The molecule has 0 spiro atoms. The Morgan fingerprint density at radius 2 is 1.79 bits per heavy atom. The molecule has 7 nitrogen and oxygen atoms in total. The first-order chi connectivity index (χ1) is 13.9. The Morgan fingerprint density at radius 3 is 2.45 bits per heavy atom. The SMILES string of the molecule is CC(C)Cc1ccc([C@@H](C)NC(=O)CSc2nnnn2-c2ccc(O)cc2)cc1. The second kappa shape index (κ2) is 9.56. The highest BCUT2D eigenvalue weighted by molar-refractivity contribution is 7.99. The van der Waals surface area contributed by atoms with Crippen LogP contribution in [0.4, 0.5) is 0 Å². The minimum absolute atomic E-state index is 0.0794. The monoisotopic (exact) mass is 411 g/mol. The van der Waals surface area contributed by atoms with Crippen LogP contribution in [0.5, 0.6) is 5.75 Å². The number of hydrogen-bond donors (Lipinski definition) is 2. The zero-order valence-electron chi connectivity index (χ0n) is 16.7. The first-order valence-corrected chi connectivity index (χ1v) is 10.5. The molecule has 0 fully saturated rings. The molecule has 8 heteroatoms. The second-order valence-electron chi connectivity index (χ2n) is 7.31. The van der Waals surface area contributed by atoms with Gasteiger partial charge in [0.2, 0.25) is 11.1 Å². The van der Waals surface area contributed by atoms with Gasteiger partial charge >= 0.3 is 0 Å². The van der Waals surface area contributed by atoms with Crippen LogP contribution in [-0.2, 0) is 11.2 Å². The number of hydrogen-bond acceptors (Lipinski definition) is 6. The minimum atomic E-state index is -0.0889. The Hall–Kier alpha value is -2.87. The average Bonchev–Trinajstić information content (AvgIpc) is 3.15. The first kappa shape index (κ1) is 20.9. The van der Waals surface area contributed by atoms with Gasteiger partial charge in [0.15, 0.2) is 0 Å². The molecule has 3 aromatic rings. The quantitative estimate of drug-likeness (QED) is 0.551. The van der Waals surface area contributed by atoms with E-state index in [2.05, 4.69) is 59.0 Å². The fourth-order valence-corrected chi connectivity index (χ4v) is 3.64. The molecule has 0 bridgehead atoms. The summed E-state index contributed by atoms with van der Waals surface area (Å²) in [5, 5.41) is 24.6. The molecule has 1 amide bonds. The molecule has 0 saturated carbocycles. The number of thioether (sulfide) groups is 1.